The average molecular weight is 290 g/mol. The van der Waals surface area contributed by atoms with E-state index in [9.17, 15) is 9.59 Å². The van der Waals surface area contributed by atoms with Crippen LogP contribution in [0.1, 0.15) is 11.1 Å². The Hall–Kier alpha value is -2.34. The molecule has 1 amide bonds. The first-order valence-electron chi connectivity index (χ1n) is 6.65. The summed E-state index contributed by atoms with van der Waals surface area (Å²) in [5.74, 6) is -0.358. The minimum atomic E-state index is -1.00. The molecule has 0 unspecified atom stereocenters. The lowest BCUT2D eigenvalue weighted by Crippen LogP contribution is -2.47. The number of hydrogen-bond acceptors (Lipinski definition) is 4. The van der Waals surface area contributed by atoms with E-state index in [4.69, 9.17) is 9.84 Å². The van der Waals surface area contributed by atoms with Crippen molar-refractivity contribution in [3.05, 3.63) is 35.4 Å². The second-order valence-electron chi connectivity index (χ2n) is 4.81. The number of carbonyl (C=O) groups excluding carboxylic acids is 1. The molecule has 21 heavy (non-hydrogen) atoms. The van der Waals surface area contributed by atoms with Crippen LogP contribution in [0.15, 0.2) is 24.3 Å². The fourth-order valence-corrected chi connectivity index (χ4v) is 2.26. The fraction of sp³-hybridized carbons (Fsp3) is 0.333. The van der Waals surface area contributed by atoms with Gasteiger partial charge >= 0.3 is 5.97 Å². The van der Waals surface area contributed by atoms with Crippen LogP contribution in [0.2, 0.25) is 0 Å². The topological polar surface area (TPSA) is 78.9 Å². The molecule has 0 aromatic heterocycles. The lowest BCUT2D eigenvalue weighted by molar-refractivity contribution is -0.131. The maximum absolute atomic E-state index is 11.4. The molecule has 2 rings (SSSR count). The first-order chi connectivity index (χ1) is 10.1. The van der Waals surface area contributed by atoms with Gasteiger partial charge < -0.3 is 15.2 Å². The van der Waals surface area contributed by atoms with Gasteiger partial charge in [-0.2, -0.15) is 0 Å². The molecule has 0 radical (unpaired) electrons. The van der Waals surface area contributed by atoms with Crippen molar-refractivity contribution < 1.29 is 19.4 Å². The Morgan fingerprint density at radius 3 is 3.00 bits per heavy atom. The number of methoxy groups -OCH3 is 1. The Balaban J connectivity index is 2.14. The third kappa shape index (κ3) is 4.32. The molecule has 1 saturated heterocycles. The van der Waals surface area contributed by atoms with Crippen molar-refractivity contribution in [2.45, 2.75) is 6.54 Å². The number of aliphatic carboxylic acids is 1. The molecule has 1 heterocycles. The average Bonchev–Trinajstić information content (AvgIpc) is 2.45. The van der Waals surface area contributed by atoms with Crippen LogP contribution in [0, 0.1) is 0 Å². The molecule has 6 nitrogen and oxygen atoms in total. The van der Waals surface area contributed by atoms with Gasteiger partial charge in [0.25, 0.3) is 0 Å². The number of carboxylic acids is 1. The van der Waals surface area contributed by atoms with Crippen molar-refractivity contribution in [3.8, 4) is 5.75 Å². The Kier molecular flexibility index (Phi) is 4.94. The largest absolute Gasteiger partial charge is 0.496 e. The summed E-state index contributed by atoms with van der Waals surface area (Å²) in [7, 11) is 1.54. The molecule has 0 atom stereocenters. The molecule has 6 heteroatoms. The van der Waals surface area contributed by atoms with Crippen LogP contribution in [0.5, 0.6) is 5.75 Å². The maximum Gasteiger partial charge on any atom is 0.328 e. The second kappa shape index (κ2) is 6.90. The van der Waals surface area contributed by atoms with Gasteiger partial charge in [-0.25, -0.2) is 4.79 Å². The van der Waals surface area contributed by atoms with Crippen molar-refractivity contribution >= 4 is 18.0 Å². The molecule has 0 bridgehead atoms. The van der Waals surface area contributed by atoms with E-state index in [1.54, 1.807) is 13.2 Å². The second-order valence-corrected chi connectivity index (χ2v) is 4.81. The number of hydrogen-bond donors (Lipinski definition) is 2. The van der Waals surface area contributed by atoms with Crippen molar-refractivity contribution in [2.75, 3.05) is 26.7 Å². The first-order valence-corrected chi connectivity index (χ1v) is 6.65. The van der Waals surface area contributed by atoms with E-state index in [0.717, 1.165) is 18.2 Å². The van der Waals surface area contributed by atoms with Gasteiger partial charge in [0.2, 0.25) is 5.91 Å². The van der Waals surface area contributed by atoms with Gasteiger partial charge in [0.05, 0.1) is 13.7 Å². The van der Waals surface area contributed by atoms with Crippen molar-refractivity contribution in [3.63, 3.8) is 0 Å². The Bertz CT molecular complexity index is 569. The summed E-state index contributed by atoms with van der Waals surface area (Å²) in [5, 5.41) is 11.5. The van der Waals surface area contributed by atoms with Crippen molar-refractivity contribution in [1.82, 2.24) is 10.2 Å². The standard InChI is InChI=1S/C15H18N2O4/c1-21-13-4-2-11(8-12(13)3-5-15(19)20)9-17-7-6-16-14(18)10-17/h2-5,8H,6-7,9-10H2,1H3,(H,16,18)(H,19,20). The zero-order valence-corrected chi connectivity index (χ0v) is 11.8. The van der Waals surface area contributed by atoms with Crippen molar-refractivity contribution in [1.29, 1.82) is 0 Å². The number of benzene rings is 1. The highest BCUT2D eigenvalue weighted by Crippen LogP contribution is 2.22. The van der Waals surface area contributed by atoms with Gasteiger partial charge in [-0.3, -0.25) is 9.69 Å². The van der Waals surface area contributed by atoms with Gasteiger partial charge in [-0.15, -0.1) is 0 Å². The monoisotopic (exact) mass is 290 g/mol. The Morgan fingerprint density at radius 1 is 1.52 bits per heavy atom. The van der Waals surface area contributed by atoms with Gasteiger partial charge in [0.15, 0.2) is 0 Å². The SMILES string of the molecule is COc1ccc(CN2CCNC(=O)C2)cc1C=CC(=O)O. The lowest BCUT2D eigenvalue weighted by Gasteiger charge is -2.26. The van der Waals surface area contributed by atoms with E-state index in [2.05, 4.69) is 5.32 Å². The molecule has 1 fully saturated rings. The summed E-state index contributed by atoms with van der Waals surface area (Å²) in [6.07, 6.45) is 2.59. The van der Waals surface area contributed by atoms with Crippen LogP contribution in [0.3, 0.4) is 0 Å². The number of nitrogens with one attached hydrogen (secondary N) is 1. The number of carboxylic acid groups (broad SMARTS) is 1. The van der Waals surface area contributed by atoms with E-state index < -0.39 is 5.97 Å². The van der Waals surface area contributed by atoms with Gasteiger partial charge in [-0.05, 0) is 23.8 Å². The number of rotatable bonds is 5. The molecule has 0 saturated carbocycles. The molecule has 0 spiro atoms. The zero-order chi connectivity index (χ0) is 15.2. The van der Waals surface area contributed by atoms with E-state index in [0.29, 0.717) is 30.9 Å². The Morgan fingerprint density at radius 2 is 2.33 bits per heavy atom. The maximum atomic E-state index is 11.4. The highest BCUT2D eigenvalue weighted by atomic mass is 16.5. The van der Waals surface area contributed by atoms with Crippen LogP contribution in [-0.2, 0) is 16.1 Å². The predicted molar refractivity (Wildman–Crippen MR) is 78.0 cm³/mol. The van der Waals surface area contributed by atoms with E-state index in [1.807, 2.05) is 17.0 Å². The van der Waals surface area contributed by atoms with Crippen LogP contribution >= 0.6 is 0 Å². The zero-order valence-electron chi connectivity index (χ0n) is 11.8. The van der Waals surface area contributed by atoms with Crippen molar-refractivity contribution in [2.24, 2.45) is 0 Å². The fourth-order valence-electron chi connectivity index (χ4n) is 2.26. The lowest BCUT2D eigenvalue weighted by atomic mass is 10.1. The summed E-state index contributed by atoms with van der Waals surface area (Å²) in [6, 6.07) is 5.61. The van der Waals surface area contributed by atoms with Crippen LogP contribution in [0.25, 0.3) is 6.08 Å². The number of nitrogens with zero attached hydrogens (tertiary/aromatic N) is 1. The van der Waals surface area contributed by atoms with E-state index in [1.165, 1.54) is 6.08 Å². The normalized spacial score (nSPS) is 16.0. The smallest absolute Gasteiger partial charge is 0.328 e. The van der Waals surface area contributed by atoms with Gasteiger partial charge in [0.1, 0.15) is 5.75 Å². The van der Waals surface area contributed by atoms with Crippen LogP contribution < -0.4 is 10.1 Å². The van der Waals surface area contributed by atoms with E-state index in [-0.39, 0.29) is 5.91 Å². The van der Waals surface area contributed by atoms with Crippen LogP contribution in [0.4, 0.5) is 0 Å². The highest BCUT2D eigenvalue weighted by molar-refractivity contribution is 5.86. The third-order valence-corrected chi connectivity index (χ3v) is 3.22. The van der Waals surface area contributed by atoms with Gasteiger partial charge in [-0.1, -0.05) is 6.07 Å². The number of ether oxygens (including phenoxy) is 1. The minimum absolute atomic E-state index is 0.0285. The minimum Gasteiger partial charge on any atom is -0.496 e. The van der Waals surface area contributed by atoms with Crippen LogP contribution in [-0.4, -0.2) is 48.6 Å². The molecule has 1 aromatic rings. The summed E-state index contributed by atoms with van der Waals surface area (Å²) in [4.78, 5) is 24.0. The molecule has 112 valence electrons. The first kappa shape index (κ1) is 15.1. The summed E-state index contributed by atoms with van der Waals surface area (Å²) in [6.45, 7) is 2.48. The highest BCUT2D eigenvalue weighted by Gasteiger charge is 2.16. The number of carbonyl (C=O) groups is 2. The van der Waals surface area contributed by atoms with E-state index >= 15 is 0 Å². The van der Waals surface area contributed by atoms with Gasteiger partial charge in [0, 0.05) is 31.3 Å². The number of amides is 1. The molecular formula is C15H18N2O4. The molecule has 0 aliphatic carbocycles. The molecule has 2 N–H and O–H groups in total. The molecule has 1 aromatic carbocycles. The molecule has 1 aliphatic rings. The summed E-state index contributed by atoms with van der Waals surface area (Å²) >= 11 is 0. The molecule has 1 aliphatic heterocycles. The third-order valence-electron chi connectivity index (χ3n) is 3.22. The summed E-state index contributed by atoms with van der Waals surface area (Å²) in [5.41, 5.74) is 1.72. The predicted octanol–water partition coefficient (Wildman–Crippen LogP) is 0.725. The number of piperazine rings is 1. The molecular weight excluding hydrogens is 272 g/mol. The summed E-state index contributed by atoms with van der Waals surface area (Å²) < 4.78 is 5.22. The quantitative estimate of drug-likeness (QED) is 0.781. The Labute approximate surface area is 123 Å².